The molecule has 5 rings (SSSR count). The van der Waals surface area contributed by atoms with E-state index in [-0.39, 0.29) is 17.9 Å². The summed E-state index contributed by atoms with van der Waals surface area (Å²) in [5.41, 5.74) is 2.91. The van der Waals surface area contributed by atoms with Gasteiger partial charge in [-0.1, -0.05) is 44.6 Å². The SMILES string of the molecule is C=CCN1C(=O)/C(=C2\SC(=NC3CCCCC3)N(C3CCCCC3)C2=O)C2=C1CCCC2. The van der Waals surface area contributed by atoms with Crippen molar-refractivity contribution in [1.29, 1.82) is 0 Å². The molecule has 3 fully saturated rings. The molecule has 6 heteroatoms. The minimum atomic E-state index is -0.00448. The molecule has 2 saturated carbocycles. The normalized spacial score (nSPS) is 29.4. The number of carbonyl (C=O) groups is 2. The molecule has 0 aromatic heterocycles. The lowest BCUT2D eigenvalue weighted by Crippen LogP contribution is -2.41. The van der Waals surface area contributed by atoms with Crippen LogP contribution in [0.5, 0.6) is 0 Å². The number of nitrogens with zero attached hydrogens (tertiary/aromatic N) is 3. The van der Waals surface area contributed by atoms with E-state index in [4.69, 9.17) is 4.99 Å². The molecular weight excluding hydrogens is 418 g/mol. The molecule has 0 unspecified atom stereocenters. The highest BCUT2D eigenvalue weighted by Gasteiger charge is 2.45. The van der Waals surface area contributed by atoms with Crippen LogP contribution < -0.4 is 0 Å². The van der Waals surface area contributed by atoms with Crippen molar-refractivity contribution < 1.29 is 9.59 Å². The summed E-state index contributed by atoms with van der Waals surface area (Å²) in [5, 5.41) is 0.865. The molecule has 1 saturated heterocycles. The highest BCUT2D eigenvalue weighted by atomic mass is 32.2. The van der Waals surface area contributed by atoms with Gasteiger partial charge in [0.15, 0.2) is 5.17 Å². The van der Waals surface area contributed by atoms with Crippen molar-refractivity contribution >= 4 is 28.7 Å². The van der Waals surface area contributed by atoms with Crippen LogP contribution in [0.3, 0.4) is 0 Å². The van der Waals surface area contributed by atoms with E-state index >= 15 is 0 Å². The molecule has 0 aromatic carbocycles. The van der Waals surface area contributed by atoms with Gasteiger partial charge in [0, 0.05) is 18.3 Å². The molecule has 0 radical (unpaired) electrons. The molecule has 2 amide bonds. The van der Waals surface area contributed by atoms with Crippen LogP contribution in [0.25, 0.3) is 0 Å². The zero-order valence-electron chi connectivity index (χ0n) is 19.1. The topological polar surface area (TPSA) is 53.0 Å². The second-order valence-electron chi connectivity index (χ2n) is 9.81. The van der Waals surface area contributed by atoms with Crippen LogP contribution in [0, 0.1) is 0 Å². The van der Waals surface area contributed by atoms with E-state index in [2.05, 4.69) is 6.58 Å². The number of hydrogen-bond donors (Lipinski definition) is 0. The Kier molecular flexibility index (Phi) is 6.59. The average molecular weight is 454 g/mol. The molecule has 3 aliphatic carbocycles. The number of carbonyl (C=O) groups excluding carboxylic acids is 2. The maximum atomic E-state index is 13.9. The van der Waals surface area contributed by atoms with Crippen LogP contribution in [0.15, 0.2) is 39.4 Å². The first-order valence-corrected chi connectivity index (χ1v) is 13.5. The number of aliphatic imine (C=N–C) groups is 1. The maximum Gasteiger partial charge on any atom is 0.267 e. The zero-order chi connectivity index (χ0) is 22.1. The van der Waals surface area contributed by atoms with Gasteiger partial charge in [-0.25, -0.2) is 0 Å². The second kappa shape index (κ2) is 9.58. The van der Waals surface area contributed by atoms with E-state index in [1.807, 2.05) is 9.80 Å². The van der Waals surface area contributed by atoms with Gasteiger partial charge in [-0.2, -0.15) is 0 Å². The molecule has 0 atom stereocenters. The van der Waals surface area contributed by atoms with Gasteiger partial charge in [0.1, 0.15) is 0 Å². The van der Waals surface area contributed by atoms with Crippen LogP contribution in [0.1, 0.15) is 89.9 Å². The molecule has 5 nitrogen and oxygen atoms in total. The van der Waals surface area contributed by atoms with Crippen molar-refractivity contribution in [1.82, 2.24) is 9.80 Å². The third kappa shape index (κ3) is 4.00. The average Bonchev–Trinajstić information content (AvgIpc) is 3.28. The molecule has 0 aromatic rings. The Labute approximate surface area is 196 Å². The Bertz CT molecular complexity index is 891. The highest BCUT2D eigenvalue weighted by molar-refractivity contribution is 8.18. The minimum Gasteiger partial charge on any atom is -0.308 e. The minimum absolute atomic E-state index is 0.00448. The highest BCUT2D eigenvalue weighted by Crippen LogP contribution is 2.46. The molecule has 5 aliphatic rings. The number of allylic oxidation sites excluding steroid dienone is 1. The first kappa shape index (κ1) is 22.0. The van der Waals surface area contributed by atoms with Gasteiger partial charge in [0.25, 0.3) is 11.8 Å². The van der Waals surface area contributed by atoms with E-state index < -0.39 is 0 Å². The third-order valence-corrected chi connectivity index (χ3v) is 8.75. The van der Waals surface area contributed by atoms with E-state index in [0.29, 0.717) is 23.1 Å². The predicted octanol–water partition coefficient (Wildman–Crippen LogP) is 5.69. The number of hydrogen-bond acceptors (Lipinski definition) is 4. The number of rotatable bonds is 4. The largest absolute Gasteiger partial charge is 0.308 e. The zero-order valence-corrected chi connectivity index (χ0v) is 19.9. The molecule has 2 aliphatic heterocycles. The second-order valence-corrected chi connectivity index (χ2v) is 10.8. The fourth-order valence-electron chi connectivity index (χ4n) is 6.05. The summed E-state index contributed by atoms with van der Waals surface area (Å²) < 4.78 is 0. The van der Waals surface area contributed by atoms with Crippen molar-refractivity contribution in [3.05, 3.63) is 34.4 Å². The molecule has 0 spiro atoms. The Morgan fingerprint density at radius 2 is 1.59 bits per heavy atom. The first-order chi connectivity index (χ1) is 15.7. The van der Waals surface area contributed by atoms with Gasteiger partial charge >= 0.3 is 0 Å². The van der Waals surface area contributed by atoms with Gasteiger partial charge in [-0.05, 0) is 68.7 Å². The van der Waals surface area contributed by atoms with Gasteiger partial charge in [0.2, 0.25) is 0 Å². The number of amidine groups is 1. The van der Waals surface area contributed by atoms with E-state index in [9.17, 15) is 9.59 Å². The van der Waals surface area contributed by atoms with Crippen molar-refractivity contribution in [3.63, 3.8) is 0 Å². The Morgan fingerprint density at radius 1 is 0.906 bits per heavy atom. The fraction of sp³-hybridized carbons (Fsp3) is 0.654. The molecular formula is C26H35N3O2S. The van der Waals surface area contributed by atoms with E-state index in [1.165, 1.54) is 50.3 Å². The van der Waals surface area contributed by atoms with Crippen LogP contribution in [-0.2, 0) is 9.59 Å². The Balaban J connectivity index is 1.55. The maximum absolute atomic E-state index is 13.9. The van der Waals surface area contributed by atoms with Crippen molar-refractivity contribution in [2.75, 3.05) is 6.54 Å². The summed E-state index contributed by atoms with van der Waals surface area (Å²) in [6, 6.07) is 0.542. The van der Waals surface area contributed by atoms with Crippen molar-refractivity contribution in [2.24, 2.45) is 4.99 Å². The van der Waals surface area contributed by atoms with Gasteiger partial charge in [-0.3, -0.25) is 19.5 Å². The summed E-state index contributed by atoms with van der Waals surface area (Å²) in [6.45, 7) is 4.37. The summed E-state index contributed by atoms with van der Waals surface area (Å²) in [5.74, 6) is 0.0212. The monoisotopic (exact) mass is 453 g/mol. The van der Waals surface area contributed by atoms with Crippen molar-refractivity contribution in [2.45, 2.75) is 102 Å². The molecule has 0 bridgehead atoms. The summed E-state index contributed by atoms with van der Waals surface area (Å²) in [6.07, 6.45) is 17.4. The smallest absolute Gasteiger partial charge is 0.267 e. The predicted molar refractivity (Wildman–Crippen MR) is 130 cm³/mol. The summed E-state index contributed by atoms with van der Waals surface area (Å²) in [4.78, 5) is 37.0. The standard InChI is InChI=1S/C26H35N3O2S/c1-2-17-28-21-16-10-9-15-20(21)22(24(28)30)23-25(31)29(19-13-7-4-8-14-19)26(32-23)27-18-11-5-3-6-12-18/h2,18-19H,1,3-17H2/b23-22-,27-26?. The lowest BCUT2D eigenvalue weighted by Gasteiger charge is -2.31. The molecule has 172 valence electrons. The number of amides is 2. The van der Waals surface area contributed by atoms with Crippen LogP contribution in [-0.4, -0.2) is 45.4 Å². The van der Waals surface area contributed by atoms with Crippen LogP contribution in [0.2, 0.25) is 0 Å². The van der Waals surface area contributed by atoms with Gasteiger partial charge < -0.3 is 4.90 Å². The lowest BCUT2D eigenvalue weighted by molar-refractivity contribution is -0.126. The molecule has 32 heavy (non-hydrogen) atoms. The van der Waals surface area contributed by atoms with Crippen molar-refractivity contribution in [3.8, 4) is 0 Å². The quantitative estimate of drug-likeness (QED) is 0.406. The Hall–Kier alpha value is -1.82. The molecule has 0 N–H and O–H groups in total. The van der Waals surface area contributed by atoms with E-state index in [1.54, 1.807) is 6.08 Å². The molecule has 2 heterocycles. The van der Waals surface area contributed by atoms with Gasteiger partial charge in [0.05, 0.1) is 16.5 Å². The summed E-state index contributed by atoms with van der Waals surface area (Å²) in [7, 11) is 0. The summed E-state index contributed by atoms with van der Waals surface area (Å²) >= 11 is 1.49. The fourth-order valence-corrected chi connectivity index (χ4v) is 7.27. The Morgan fingerprint density at radius 3 is 2.31 bits per heavy atom. The van der Waals surface area contributed by atoms with Crippen LogP contribution in [0.4, 0.5) is 0 Å². The number of thioether (sulfide) groups is 1. The van der Waals surface area contributed by atoms with E-state index in [0.717, 1.165) is 67.8 Å². The lowest BCUT2D eigenvalue weighted by atomic mass is 9.92. The van der Waals surface area contributed by atoms with Crippen LogP contribution >= 0.6 is 11.8 Å². The van der Waals surface area contributed by atoms with Gasteiger partial charge in [-0.15, -0.1) is 6.58 Å². The third-order valence-electron chi connectivity index (χ3n) is 7.68. The first-order valence-electron chi connectivity index (χ1n) is 12.7.